The van der Waals surface area contributed by atoms with Gasteiger partial charge in [0.15, 0.2) is 0 Å². The average molecular weight is 315 g/mol. The number of anilines is 1. The van der Waals surface area contributed by atoms with Crippen LogP contribution in [-0.4, -0.2) is 47.3 Å². The molecule has 2 N–H and O–H groups in total. The number of carbonyl (C=O) groups is 1. The lowest BCUT2D eigenvalue weighted by molar-refractivity contribution is 0.249. The fourth-order valence-electron chi connectivity index (χ4n) is 2.62. The molecule has 7 nitrogen and oxygen atoms in total. The van der Waals surface area contributed by atoms with E-state index in [4.69, 9.17) is 4.42 Å². The van der Waals surface area contributed by atoms with Gasteiger partial charge in [0.05, 0.1) is 0 Å². The zero-order valence-corrected chi connectivity index (χ0v) is 13.2. The van der Waals surface area contributed by atoms with Crippen LogP contribution in [0.4, 0.5) is 10.5 Å². The number of carbonyl (C=O) groups excluding carboxylic acids is 1. The number of aryl methyl sites for hydroxylation is 1. The van der Waals surface area contributed by atoms with Gasteiger partial charge in [-0.15, -0.1) is 10.2 Å². The molecule has 7 heteroatoms. The third-order valence-corrected chi connectivity index (χ3v) is 3.83. The highest BCUT2D eigenvalue weighted by Gasteiger charge is 2.11. The van der Waals surface area contributed by atoms with E-state index in [9.17, 15) is 4.79 Å². The minimum Gasteiger partial charge on any atom is -0.421 e. The van der Waals surface area contributed by atoms with Gasteiger partial charge in [0.1, 0.15) is 0 Å². The van der Waals surface area contributed by atoms with Crippen molar-refractivity contribution in [2.24, 2.45) is 0 Å². The fraction of sp³-hybridized carbons (Fsp3) is 0.438. The zero-order chi connectivity index (χ0) is 16.1. The highest BCUT2D eigenvalue weighted by molar-refractivity contribution is 5.89. The molecule has 1 aromatic carbocycles. The molecule has 122 valence electrons. The summed E-state index contributed by atoms with van der Waals surface area (Å²) in [4.78, 5) is 14.2. The number of urea groups is 1. The lowest BCUT2D eigenvalue weighted by Crippen LogP contribution is -2.35. The Morgan fingerprint density at radius 1 is 1.22 bits per heavy atom. The van der Waals surface area contributed by atoms with Crippen molar-refractivity contribution in [1.82, 2.24) is 20.4 Å². The number of hydrogen-bond donors (Lipinski definition) is 2. The van der Waals surface area contributed by atoms with Crippen LogP contribution in [0.25, 0.3) is 11.5 Å². The van der Waals surface area contributed by atoms with Crippen LogP contribution < -0.4 is 10.6 Å². The highest BCUT2D eigenvalue weighted by atomic mass is 16.4. The van der Waals surface area contributed by atoms with Crippen LogP contribution >= 0.6 is 0 Å². The number of amides is 2. The molecule has 2 heterocycles. The van der Waals surface area contributed by atoms with Crippen LogP contribution in [0.2, 0.25) is 0 Å². The van der Waals surface area contributed by atoms with Crippen molar-refractivity contribution in [2.75, 3.05) is 31.5 Å². The van der Waals surface area contributed by atoms with Gasteiger partial charge < -0.3 is 20.0 Å². The lowest BCUT2D eigenvalue weighted by atomic mass is 10.2. The summed E-state index contributed by atoms with van der Waals surface area (Å²) in [6.45, 7) is 5.59. The normalized spacial score (nSPS) is 14.8. The Morgan fingerprint density at radius 3 is 2.61 bits per heavy atom. The predicted molar refractivity (Wildman–Crippen MR) is 87.2 cm³/mol. The molecular weight excluding hydrogens is 294 g/mol. The topological polar surface area (TPSA) is 83.3 Å². The maximum atomic E-state index is 11.9. The van der Waals surface area contributed by atoms with E-state index in [0.717, 1.165) is 30.9 Å². The number of nitrogens with one attached hydrogen (secondary N) is 2. The summed E-state index contributed by atoms with van der Waals surface area (Å²) in [5.74, 6) is 1.00. The van der Waals surface area contributed by atoms with Crippen LogP contribution in [0.5, 0.6) is 0 Å². The molecule has 2 aromatic rings. The Balaban J connectivity index is 1.46. The van der Waals surface area contributed by atoms with Crippen molar-refractivity contribution in [3.8, 4) is 11.5 Å². The molecule has 1 aromatic heterocycles. The summed E-state index contributed by atoms with van der Waals surface area (Å²) in [5, 5.41) is 13.5. The third kappa shape index (κ3) is 4.29. The van der Waals surface area contributed by atoms with Crippen molar-refractivity contribution in [2.45, 2.75) is 19.8 Å². The first kappa shape index (κ1) is 15.5. The molecule has 0 aliphatic carbocycles. The quantitative estimate of drug-likeness (QED) is 0.884. The van der Waals surface area contributed by atoms with Gasteiger partial charge in [0.25, 0.3) is 0 Å². The summed E-state index contributed by atoms with van der Waals surface area (Å²) in [7, 11) is 0. The summed E-state index contributed by atoms with van der Waals surface area (Å²) in [6.07, 6.45) is 2.52. The molecule has 2 amide bonds. The maximum absolute atomic E-state index is 11.9. The standard InChI is InChI=1S/C16H21N5O2/c1-12-19-20-15(23-12)13-4-6-14(7-5-13)18-16(22)17-8-11-21-9-2-3-10-21/h4-7H,2-3,8-11H2,1H3,(H2,17,18,22). The van der Waals surface area contributed by atoms with Crippen LogP contribution in [0.3, 0.4) is 0 Å². The number of benzene rings is 1. The summed E-state index contributed by atoms with van der Waals surface area (Å²) in [6, 6.07) is 7.12. The van der Waals surface area contributed by atoms with Crippen molar-refractivity contribution >= 4 is 11.7 Å². The minimum absolute atomic E-state index is 0.189. The minimum atomic E-state index is -0.189. The Morgan fingerprint density at radius 2 is 1.96 bits per heavy atom. The van der Waals surface area contributed by atoms with Crippen LogP contribution in [0.1, 0.15) is 18.7 Å². The van der Waals surface area contributed by atoms with E-state index < -0.39 is 0 Å². The van der Waals surface area contributed by atoms with Crippen molar-refractivity contribution in [3.05, 3.63) is 30.2 Å². The number of aromatic nitrogens is 2. The molecule has 1 fully saturated rings. The van der Waals surface area contributed by atoms with Crippen molar-refractivity contribution in [3.63, 3.8) is 0 Å². The number of likely N-dealkylation sites (tertiary alicyclic amines) is 1. The summed E-state index contributed by atoms with van der Waals surface area (Å²) >= 11 is 0. The van der Waals surface area contributed by atoms with Gasteiger partial charge in [-0.25, -0.2) is 4.79 Å². The van der Waals surface area contributed by atoms with Gasteiger partial charge >= 0.3 is 6.03 Å². The van der Waals surface area contributed by atoms with Gasteiger partial charge in [0, 0.05) is 31.3 Å². The van der Waals surface area contributed by atoms with Gasteiger partial charge in [-0.3, -0.25) is 0 Å². The SMILES string of the molecule is Cc1nnc(-c2ccc(NC(=O)NCCN3CCCC3)cc2)o1. The first-order chi connectivity index (χ1) is 11.2. The van der Waals surface area contributed by atoms with E-state index in [2.05, 4.69) is 25.7 Å². The fourth-order valence-corrected chi connectivity index (χ4v) is 2.62. The molecule has 1 saturated heterocycles. The Kier molecular flexibility index (Phi) is 4.87. The molecule has 0 saturated carbocycles. The van der Waals surface area contributed by atoms with Gasteiger partial charge in [-0.05, 0) is 50.2 Å². The van der Waals surface area contributed by atoms with Gasteiger partial charge in [-0.2, -0.15) is 0 Å². The average Bonchev–Trinajstić information content (AvgIpc) is 3.20. The first-order valence-electron chi connectivity index (χ1n) is 7.88. The van der Waals surface area contributed by atoms with Crippen LogP contribution in [0.15, 0.2) is 28.7 Å². The van der Waals surface area contributed by atoms with Crippen LogP contribution in [-0.2, 0) is 0 Å². The molecule has 0 bridgehead atoms. The Hall–Kier alpha value is -2.41. The van der Waals surface area contributed by atoms with Gasteiger partial charge in [0.2, 0.25) is 11.8 Å². The predicted octanol–water partition coefficient (Wildman–Crippen LogP) is 2.26. The van der Waals surface area contributed by atoms with E-state index in [1.807, 2.05) is 24.3 Å². The van der Waals surface area contributed by atoms with E-state index in [1.165, 1.54) is 12.8 Å². The summed E-state index contributed by atoms with van der Waals surface area (Å²) in [5.41, 5.74) is 1.55. The molecule has 0 unspecified atom stereocenters. The first-order valence-corrected chi connectivity index (χ1v) is 7.88. The lowest BCUT2D eigenvalue weighted by Gasteiger charge is -2.15. The van der Waals surface area contributed by atoms with E-state index in [-0.39, 0.29) is 6.03 Å². The number of hydrogen-bond acceptors (Lipinski definition) is 5. The molecule has 1 aliphatic rings. The van der Waals surface area contributed by atoms with Gasteiger partial charge in [-0.1, -0.05) is 0 Å². The largest absolute Gasteiger partial charge is 0.421 e. The van der Waals surface area contributed by atoms with E-state index in [0.29, 0.717) is 18.3 Å². The second-order valence-corrected chi connectivity index (χ2v) is 5.63. The third-order valence-electron chi connectivity index (χ3n) is 3.83. The number of rotatable bonds is 5. The van der Waals surface area contributed by atoms with E-state index >= 15 is 0 Å². The maximum Gasteiger partial charge on any atom is 0.319 e. The molecule has 0 atom stereocenters. The smallest absolute Gasteiger partial charge is 0.319 e. The highest BCUT2D eigenvalue weighted by Crippen LogP contribution is 2.19. The molecule has 23 heavy (non-hydrogen) atoms. The molecule has 1 aliphatic heterocycles. The summed E-state index contributed by atoms with van der Waals surface area (Å²) < 4.78 is 5.37. The second kappa shape index (κ2) is 7.23. The second-order valence-electron chi connectivity index (χ2n) is 5.63. The molecule has 3 rings (SSSR count). The van der Waals surface area contributed by atoms with Crippen LogP contribution in [0, 0.1) is 6.92 Å². The van der Waals surface area contributed by atoms with Crippen molar-refractivity contribution in [1.29, 1.82) is 0 Å². The molecular formula is C16H21N5O2. The number of nitrogens with zero attached hydrogens (tertiary/aromatic N) is 3. The van der Waals surface area contributed by atoms with Crippen molar-refractivity contribution < 1.29 is 9.21 Å². The molecule has 0 radical (unpaired) electrons. The Labute approximate surface area is 135 Å². The monoisotopic (exact) mass is 315 g/mol. The zero-order valence-electron chi connectivity index (χ0n) is 13.2. The van der Waals surface area contributed by atoms with E-state index in [1.54, 1.807) is 6.92 Å². The Bertz CT molecular complexity index is 647. The molecule has 0 spiro atoms.